The molecular formula is C18H22Cl2N4O2. The van der Waals surface area contributed by atoms with Crippen LogP contribution in [0.3, 0.4) is 0 Å². The van der Waals surface area contributed by atoms with Crippen LogP contribution in [0, 0.1) is 0 Å². The van der Waals surface area contributed by atoms with Gasteiger partial charge in [-0.2, -0.15) is 5.10 Å². The molecule has 1 saturated carbocycles. The minimum atomic E-state index is -0.475. The van der Waals surface area contributed by atoms with E-state index in [-0.39, 0.29) is 39.8 Å². The van der Waals surface area contributed by atoms with Crippen molar-refractivity contribution < 1.29 is 9.59 Å². The Kier molecular flexibility index (Phi) is 7.94. The van der Waals surface area contributed by atoms with Gasteiger partial charge >= 0.3 is 0 Å². The third-order valence-corrected chi connectivity index (χ3v) is 4.73. The maximum atomic E-state index is 12.5. The Bertz CT molecular complexity index is 680. The van der Waals surface area contributed by atoms with E-state index in [1.807, 2.05) is 0 Å². The van der Waals surface area contributed by atoms with Crippen molar-refractivity contribution in [2.75, 3.05) is 6.54 Å². The van der Waals surface area contributed by atoms with Crippen molar-refractivity contribution in [2.24, 2.45) is 5.10 Å². The summed E-state index contributed by atoms with van der Waals surface area (Å²) in [6, 6.07) is 4.94. The molecule has 0 heterocycles. The molecule has 0 aliphatic heterocycles. The summed E-state index contributed by atoms with van der Waals surface area (Å²) < 4.78 is 0. The van der Waals surface area contributed by atoms with Gasteiger partial charge in [-0.15, -0.1) is 0 Å². The van der Waals surface area contributed by atoms with Gasteiger partial charge in [0.15, 0.2) is 0 Å². The zero-order valence-electron chi connectivity index (χ0n) is 14.4. The monoisotopic (exact) mass is 396 g/mol. The van der Waals surface area contributed by atoms with Crippen LogP contribution in [0.5, 0.6) is 0 Å². The minimum Gasteiger partial charge on any atom is -0.348 e. The number of hydrogen-bond donors (Lipinski definition) is 3. The second-order valence-corrected chi connectivity index (χ2v) is 6.79. The second kappa shape index (κ2) is 10.2. The number of benzene rings is 1. The summed E-state index contributed by atoms with van der Waals surface area (Å²) in [6.07, 6.45) is 6.65. The van der Waals surface area contributed by atoms with Crippen LogP contribution in [0.4, 0.5) is 0 Å². The lowest BCUT2D eigenvalue weighted by Gasteiger charge is -2.23. The van der Waals surface area contributed by atoms with Crippen LogP contribution in [0.2, 0.25) is 10.0 Å². The van der Waals surface area contributed by atoms with Gasteiger partial charge in [0.2, 0.25) is 0 Å². The number of hydrazone groups is 1. The van der Waals surface area contributed by atoms with Gasteiger partial charge in [-0.25, -0.2) is 0 Å². The van der Waals surface area contributed by atoms with E-state index in [1.165, 1.54) is 12.6 Å². The first-order valence-corrected chi connectivity index (χ1v) is 9.24. The van der Waals surface area contributed by atoms with E-state index in [9.17, 15) is 9.59 Å². The molecule has 0 bridgehead atoms. The number of amides is 2. The lowest BCUT2D eigenvalue weighted by atomic mass is 9.95. The van der Waals surface area contributed by atoms with Crippen LogP contribution >= 0.6 is 23.2 Å². The third kappa shape index (κ3) is 5.75. The highest BCUT2D eigenvalue weighted by Gasteiger charge is 2.21. The summed E-state index contributed by atoms with van der Waals surface area (Å²) in [4.78, 5) is 24.9. The van der Waals surface area contributed by atoms with Crippen molar-refractivity contribution in [1.82, 2.24) is 16.1 Å². The molecule has 2 rings (SSSR count). The number of hydrogen-bond acceptors (Lipinski definition) is 4. The van der Waals surface area contributed by atoms with Gasteiger partial charge in [-0.1, -0.05) is 55.1 Å². The molecule has 0 unspecified atom stereocenters. The number of rotatable bonds is 7. The number of carbonyl (C=O) groups is 2. The first-order valence-electron chi connectivity index (χ1n) is 8.49. The van der Waals surface area contributed by atoms with Crippen molar-refractivity contribution in [3.63, 3.8) is 0 Å². The zero-order chi connectivity index (χ0) is 18.9. The SMILES string of the molecule is C=CN/N=C(\CNC(=O)c1c(Cl)cccc1Cl)C(=O)NC1CCCCC1. The maximum absolute atomic E-state index is 12.5. The van der Waals surface area contributed by atoms with Crippen molar-refractivity contribution in [2.45, 2.75) is 38.1 Å². The quantitative estimate of drug-likeness (QED) is 0.488. The van der Waals surface area contributed by atoms with Crippen LogP contribution in [-0.4, -0.2) is 30.1 Å². The Hall–Kier alpha value is -2.05. The first-order chi connectivity index (χ1) is 12.5. The van der Waals surface area contributed by atoms with E-state index >= 15 is 0 Å². The molecule has 1 aliphatic rings. The standard InChI is InChI=1S/C18H22Cl2N4O2/c1-2-22-24-15(17(25)23-12-7-4-3-5-8-12)11-21-18(26)16-13(19)9-6-10-14(16)20/h2,6,9-10,12,22H,1,3-5,7-8,11H2,(H,21,26)(H,23,25)/b24-15+. The normalized spacial score (nSPS) is 15.2. The van der Waals surface area contributed by atoms with E-state index in [0.717, 1.165) is 25.7 Å². The molecule has 0 spiro atoms. The Morgan fingerprint density at radius 3 is 2.46 bits per heavy atom. The zero-order valence-corrected chi connectivity index (χ0v) is 15.9. The molecule has 1 aromatic carbocycles. The van der Waals surface area contributed by atoms with Crippen molar-refractivity contribution in [3.05, 3.63) is 46.6 Å². The van der Waals surface area contributed by atoms with E-state index in [4.69, 9.17) is 23.2 Å². The van der Waals surface area contributed by atoms with Crippen LogP contribution in [0.25, 0.3) is 0 Å². The highest BCUT2D eigenvalue weighted by molar-refractivity contribution is 6.41. The molecule has 26 heavy (non-hydrogen) atoms. The van der Waals surface area contributed by atoms with Gasteiger partial charge in [-0.3, -0.25) is 15.0 Å². The third-order valence-electron chi connectivity index (χ3n) is 4.10. The van der Waals surface area contributed by atoms with E-state index in [2.05, 4.69) is 27.7 Å². The molecule has 8 heteroatoms. The minimum absolute atomic E-state index is 0.0697. The highest BCUT2D eigenvalue weighted by Crippen LogP contribution is 2.23. The Morgan fingerprint density at radius 2 is 1.85 bits per heavy atom. The second-order valence-electron chi connectivity index (χ2n) is 5.98. The molecule has 1 aliphatic carbocycles. The summed E-state index contributed by atoms with van der Waals surface area (Å²) in [5, 5.41) is 10.1. The molecule has 0 aromatic heterocycles. The highest BCUT2D eigenvalue weighted by atomic mass is 35.5. The smallest absolute Gasteiger partial charge is 0.269 e. The van der Waals surface area contributed by atoms with Crippen molar-refractivity contribution in [1.29, 1.82) is 0 Å². The van der Waals surface area contributed by atoms with Gasteiger partial charge in [-0.05, 0) is 25.0 Å². The van der Waals surface area contributed by atoms with Gasteiger partial charge in [0.1, 0.15) is 5.71 Å². The first kappa shape index (κ1) is 20.3. The number of nitrogens with zero attached hydrogens (tertiary/aromatic N) is 1. The van der Waals surface area contributed by atoms with E-state index < -0.39 is 5.91 Å². The fourth-order valence-electron chi connectivity index (χ4n) is 2.78. The molecule has 3 N–H and O–H groups in total. The average molecular weight is 397 g/mol. The largest absolute Gasteiger partial charge is 0.348 e. The van der Waals surface area contributed by atoms with Gasteiger partial charge in [0, 0.05) is 12.2 Å². The fourth-order valence-corrected chi connectivity index (χ4v) is 3.35. The molecule has 6 nitrogen and oxygen atoms in total. The predicted octanol–water partition coefficient (Wildman–Crippen LogP) is 3.26. The summed E-state index contributed by atoms with van der Waals surface area (Å²) in [5.74, 6) is -0.797. The Morgan fingerprint density at radius 1 is 1.19 bits per heavy atom. The molecular weight excluding hydrogens is 375 g/mol. The van der Waals surface area contributed by atoms with Crippen LogP contribution in [0.1, 0.15) is 42.5 Å². The van der Waals surface area contributed by atoms with Crippen LogP contribution in [0.15, 0.2) is 36.1 Å². The lowest BCUT2D eigenvalue weighted by Crippen LogP contribution is -2.44. The van der Waals surface area contributed by atoms with E-state index in [1.54, 1.807) is 18.2 Å². The molecule has 2 amide bonds. The summed E-state index contributed by atoms with van der Waals surface area (Å²) in [7, 11) is 0. The number of nitrogens with one attached hydrogen (secondary N) is 3. The molecule has 0 saturated heterocycles. The summed E-state index contributed by atoms with van der Waals surface area (Å²) >= 11 is 12.1. The summed E-state index contributed by atoms with van der Waals surface area (Å²) in [6.45, 7) is 3.43. The van der Waals surface area contributed by atoms with Crippen molar-refractivity contribution >= 4 is 40.7 Å². The van der Waals surface area contributed by atoms with Crippen LogP contribution in [-0.2, 0) is 4.79 Å². The molecule has 0 atom stereocenters. The van der Waals surface area contributed by atoms with Gasteiger partial charge in [0.25, 0.3) is 11.8 Å². The van der Waals surface area contributed by atoms with Crippen LogP contribution < -0.4 is 16.1 Å². The maximum Gasteiger partial charge on any atom is 0.269 e. The Labute approximate surface area is 163 Å². The van der Waals surface area contributed by atoms with Crippen molar-refractivity contribution in [3.8, 4) is 0 Å². The van der Waals surface area contributed by atoms with E-state index in [0.29, 0.717) is 0 Å². The topological polar surface area (TPSA) is 82.6 Å². The van der Waals surface area contributed by atoms with Gasteiger partial charge in [0.05, 0.1) is 22.2 Å². The average Bonchev–Trinajstić information content (AvgIpc) is 2.62. The molecule has 0 radical (unpaired) electrons. The molecule has 1 fully saturated rings. The Balaban J connectivity index is 2.02. The van der Waals surface area contributed by atoms with Gasteiger partial charge < -0.3 is 10.6 Å². The predicted molar refractivity (Wildman–Crippen MR) is 105 cm³/mol. The molecule has 140 valence electrons. The summed E-state index contributed by atoms with van der Waals surface area (Å²) in [5.41, 5.74) is 2.85. The number of halogens is 2. The fraction of sp³-hybridized carbons (Fsp3) is 0.389. The lowest BCUT2D eigenvalue weighted by molar-refractivity contribution is -0.115. The molecule has 1 aromatic rings. The number of carbonyl (C=O) groups excluding carboxylic acids is 2.